The van der Waals surface area contributed by atoms with Crippen molar-refractivity contribution in [1.82, 2.24) is 0 Å². The lowest BCUT2D eigenvalue weighted by Gasteiger charge is -2.12. The summed E-state index contributed by atoms with van der Waals surface area (Å²) < 4.78 is 5.14. The van der Waals surface area contributed by atoms with Crippen molar-refractivity contribution in [3.8, 4) is 5.75 Å². The van der Waals surface area contributed by atoms with Gasteiger partial charge < -0.3 is 4.74 Å². The second-order valence-electron chi connectivity index (χ2n) is 3.17. The van der Waals surface area contributed by atoms with Crippen LogP contribution in [0.4, 0.5) is 0 Å². The van der Waals surface area contributed by atoms with E-state index < -0.39 is 0 Å². The van der Waals surface area contributed by atoms with E-state index in [0.717, 1.165) is 22.2 Å². The lowest BCUT2D eigenvalue weighted by Crippen LogP contribution is -2.04. The van der Waals surface area contributed by atoms with Crippen molar-refractivity contribution >= 4 is 37.6 Å². The van der Waals surface area contributed by atoms with Crippen LogP contribution < -0.4 is 4.74 Å². The first-order valence-electron chi connectivity index (χ1n) is 4.47. The molecule has 0 aliphatic heterocycles. The highest BCUT2D eigenvalue weighted by atomic mass is 79.9. The van der Waals surface area contributed by atoms with E-state index >= 15 is 0 Å². The second-order valence-corrected chi connectivity index (χ2v) is 4.65. The van der Waals surface area contributed by atoms with E-state index in [2.05, 4.69) is 31.9 Å². The number of rotatable bonds is 4. The van der Waals surface area contributed by atoms with Crippen molar-refractivity contribution in [2.75, 3.05) is 7.11 Å². The molecule has 0 aromatic heterocycles. The van der Waals surface area contributed by atoms with Crippen LogP contribution in [0.3, 0.4) is 0 Å². The molecule has 1 unspecified atom stereocenters. The third-order valence-corrected chi connectivity index (χ3v) is 3.87. The summed E-state index contributed by atoms with van der Waals surface area (Å²) in [5.74, 6) is 0.853. The van der Waals surface area contributed by atoms with E-state index in [1.807, 2.05) is 18.2 Å². The van der Waals surface area contributed by atoms with E-state index in [4.69, 9.17) is 4.74 Å². The van der Waals surface area contributed by atoms with Crippen LogP contribution >= 0.6 is 31.9 Å². The highest BCUT2D eigenvalue weighted by Gasteiger charge is 2.16. The molecule has 1 aromatic carbocycles. The molecule has 1 atom stereocenters. The molecule has 1 aromatic rings. The minimum Gasteiger partial charge on any atom is -0.497 e. The van der Waals surface area contributed by atoms with Gasteiger partial charge in [-0.2, -0.15) is 0 Å². The van der Waals surface area contributed by atoms with Gasteiger partial charge in [0.2, 0.25) is 0 Å². The van der Waals surface area contributed by atoms with E-state index in [9.17, 15) is 4.79 Å². The Hall–Kier alpha value is -0.350. The highest BCUT2D eigenvalue weighted by molar-refractivity contribution is 9.09. The number of ether oxygens (including phenoxy) is 1. The number of hydrogen-bond acceptors (Lipinski definition) is 2. The summed E-state index contributed by atoms with van der Waals surface area (Å²) in [5, 5.41) is 0.724. The lowest BCUT2D eigenvalue weighted by molar-refractivity contribution is -0.116. The Balaban J connectivity index is 3.16. The summed E-state index contributed by atoms with van der Waals surface area (Å²) >= 11 is 6.78. The van der Waals surface area contributed by atoms with E-state index in [1.54, 1.807) is 14.0 Å². The molecule has 0 bridgehead atoms. The van der Waals surface area contributed by atoms with Crippen LogP contribution in [0.25, 0.3) is 0 Å². The van der Waals surface area contributed by atoms with Gasteiger partial charge >= 0.3 is 0 Å². The van der Waals surface area contributed by atoms with Crippen LogP contribution in [0.5, 0.6) is 5.75 Å². The molecule has 0 saturated carbocycles. The maximum absolute atomic E-state index is 11.3. The van der Waals surface area contributed by atoms with Crippen molar-refractivity contribution in [2.45, 2.75) is 17.1 Å². The van der Waals surface area contributed by atoms with Crippen molar-refractivity contribution in [1.29, 1.82) is 0 Å². The van der Waals surface area contributed by atoms with Gasteiger partial charge in [-0.1, -0.05) is 37.9 Å². The molecule has 1 rings (SSSR count). The zero-order valence-electron chi connectivity index (χ0n) is 8.59. The van der Waals surface area contributed by atoms with Crippen LogP contribution in [0.15, 0.2) is 18.2 Å². The van der Waals surface area contributed by atoms with Gasteiger partial charge in [-0.05, 0) is 30.2 Å². The number of carbonyl (C=O) groups excluding carboxylic acids is 1. The molecule has 2 nitrogen and oxygen atoms in total. The van der Waals surface area contributed by atoms with E-state index in [-0.39, 0.29) is 10.6 Å². The number of benzene rings is 1. The SMILES string of the molecule is COc1ccc(CBr)c(C(Br)C(C)=O)c1. The molecule has 4 heteroatoms. The van der Waals surface area contributed by atoms with E-state index in [0.29, 0.717) is 0 Å². The average molecular weight is 336 g/mol. The van der Waals surface area contributed by atoms with Crippen LogP contribution in [-0.4, -0.2) is 12.9 Å². The normalized spacial score (nSPS) is 12.3. The number of alkyl halides is 2. The van der Waals surface area contributed by atoms with Gasteiger partial charge in [0.05, 0.1) is 11.9 Å². The molecule has 0 aliphatic carbocycles. The predicted octanol–water partition coefficient (Wildman–Crippen LogP) is 3.62. The molecule has 0 amide bonds. The molecule has 0 spiro atoms. The Morgan fingerprint density at radius 3 is 2.67 bits per heavy atom. The maximum atomic E-state index is 11.3. The number of hydrogen-bond donors (Lipinski definition) is 0. The fraction of sp³-hybridized carbons (Fsp3) is 0.364. The molecule has 0 fully saturated rings. The van der Waals surface area contributed by atoms with E-state index in [1.165, 1.54) is 0 Å². The molecular formula is C11H12Br2O2. The largest absolute Gasteiger partial charge is 0.497 e. The van der Waals surface area contributed by atoms with Crippen molar-refractivity contribution < 1.29 is 9.53 Å². The summed E-state index contributed by atoms with van der Waals surface area (Å²) in [7, 11) is 1.62. The molecule has 0 N–H and O–H groups in total. The van der Waals surface area contributed by atoms with Crippen molar-refractivity contribution in [3.05, 3.63) is 29.3 Å². The van der Waals surface area contributed by atoms with Gasteiger partial charge in [-0.3, -0.25) is 4.79 Å². The Morgan fingerprint density at radius 1 is 1.53 bits per heavy atom. The Bertz CT molecular complexity index is 364. The summed E-state index contributed by atoms with van der Waals surface area (Å²) in [6, 6.07) is 5.73. The molecule has 15 heavy (non-hydrogen) atoms. The van der Waals surface area contributed by atoms with Crippen LogP contribution in [0.2, 0.25) is 0 Å². The maximum Gasteiger partial charge on any atom is 0.147 e. The zero-order chi connectivity index (χ0) is 11.4. The Kier molecular flexibility index (Phi) is 4.80. The summed E-state index contributed by atoms with van der Waals surface area (Å²) in [6.07, 6.45) is 0. The lowest BCUT2D eigenvalue weighted by atomic mass is 10.0. The summed E-state index contributed by atoms with van der Waals surface area (Å²) in [4.78, 5) is 11.0. The molecule has 0 aliphatic rings. The summed E-state index contributed by atoms with van der Waals surface area (Å²) in [6.45, 7) is 1.57. The fourth-order valence-electron chi connectivity index (χ4n) is 1.28. The molecular weight excluding hydrogens is 324 g/mol. The first kappa shape index (κ1) is 12.7. The first-order valence-corrected chi connectivity index (χ1v) is 6.51. The van der Waals surface area contributed by atoms with Gasteiger partial charge in [-0.25, -0.2) is 0 Å². The second kappa shape index (κ2) is 5.66. The monoisotopic (exact) mass is 334 g/mol. The Morgan fingerprint density at radius 2 is 2.20 bits per heavy atom. The van der Waals surface area contributed by atoms with Gasteiger partial charge in [0.25, 0.3) is 0 Å². The fourth-order valence-corrected chi connectivity index (χ4v) is 2.21. The number of Topliss-reactive ketones (excluding diaryl/α,β-unsaturated/α-hetero) is 1. The molecule has 0 saturated heterocycles. The van der Waals surface area contributed by atoms with Gasteiger partial charge in [-0.15, -0.1) is 0 Å². The summed E-state index contributed by atoms with van der Waals surface area (Å²) in [5.41, 5.74) is 2.05. The third kappa shape index (κ3) is 3.05. The number of carbonyl (C=O) groups is 1. The standard InChI is InChI=1S/C11H12Br2O2/c1-7(14)11(13)10-5-9(15-2)4-3-8(10)6-12/h3-5,11H,6H2,1-2H3. The minimum atomic E-state index is -0.264. The highest BCUT2D eigenvalue weighted by Crippen LogP contribution is 2.31. The first-order chi connectivity index (χ1) is 7.10. The average Bonchev–Trinajstić information content (AvgIpc) is 2.27. The van der Waals surface area contributed by atoms with Crippen molar-refractivity contribution in [3.63, 3.8) is 0 Å². The van der Waals surface area contributed by atoms with Crippen LogP contribution in [-0.2, 0) is 10.1 Å². The number of ketones is 1. The number of methoxy groups -OCH3 is 1. The molecule has 0 heterocycles. The third-order valence-electron chi connectivity index (χ3n) is 2.13. The molecule has 0 radical (unpaired) electrons. The molecule has 82 valence electrons. The van der Waals surface area contributed by atoms with Gasteiger partial charge in [0.1, 0.15) is 11.5 Å². The van der Waals surface area contributed by atoms with Crippen LogP contribution in [0.1, 0.15) is 22.9 Å². The quantitative estimate of drug-likeness (QED) is 0.785. The zero-order valence-corrected chi connectivity index (χ0v) is 11.8. The van der Waals surface area contributed by atoms with Gasteiger partial charge in [0, 0.05) is 5.33 Å². The minimum absolute atomic E-state index is 0.0884. The topological polar surface area (TPSA) is 26.3 Å². The predicted molar refractivity (Wildman–Crippen MR) is 68.0 cm³/mol. The van der Waals surface area contributed by atoms with Crippen LogP contribution in [0, 0.1) is 0 Å². The van der Waals surface area contributed by atoms with Crippen molar-refractivity contribution in [2.24, 2.45) is 0 Å². The number of halogens is 2. The smallest absolute Gasteiger partial charge is 0.147 e. The van der Waals surface area contributed by atoms with Gasteiger partial charge in [0.15, 0.2) is 0 Å². The Labute approximate surface area is 106 Å².